The minimum Gasteiger partial charge on any atom is -0.493 e. The Morgan fingerprint density at radius 1 is 0.897 bits per heavy atom. The number of unbranched alkanes of at least 4 members (excludes halogenated alkanes) is 6. The predicted molar refractivity (Wildman–Crippen MR) is 122 cm³/mol. The highest BCUT2D eigenvalue weighted by molar-refractivity contribution is 5.29. The Labute approximate surface area is 179 Å². The van der Waals surface area contributed by atoms with Crippen molar-refractivity contribution < 1.29 is 9.47 Å². The monoisotopic (exact) mass is 404 g/mol. The molecule has 2 rings (SSSR count). The summed E-state index contributed by atoms with van der Waals surface area (Å²) in [7, 11) is 0. The van der Waals surface area contributed by atoms with E-state index < -0.39 is 0 Å². The fraction of sp³-hybridized carbons (Fsp3) is 0.760. The largest absolute Gasteiger partial charge is 0.493 e. The Morgan fingerprint density at radius 3 is 2.24 bits per heavy atom. The van der Waals surface area contributed by atoms with Crippen LogP contribution in [0.2, 0.25) is 0 Å². The molecular formula is C25H44N2O2. The highest BCUT2D eigenvalue weighted by Crippen LogP contribution is 2.19. The smallest absolute Gasteiger partial charge is 0.119 e. The second-order valence-corrected chi connectivity index (χ2v) is 8.64. The van der Waals surface area contributed by atoms with Gasteiger partial charge in [-0.05, 0) is 36.5 Å². The normalized spacial score (nSPS) is 20.5. The third-order valence-corrected chi connectivity index (χ3v) is 5.75. The van der Waals surface area contributed by atoms with Crippen molar-refractivity contribution in [1.29, 1.82) is 0 Å². The van der Waals surface area contributed by atoms with Crippen LogP contribution in [0, 0.1) is 5.92 Å². The van der Waals surface area contributed by atoms with Gasteiger partial charge in [-0.15, -0.1) is 0 Å². The molecule has 1 fully saturated rings. The summed E-state index contributed by atoms with van der Waals surface area (Å²) in [5.41, 5.74) is 1.26. The molecule has 0 bridgehead atoms. The van der Waals surface area contributed by atoms with Gasteiger partial charge in [-0.3, -0.25) is 10.6 Å². The van der Waals surface area contributed by atoms with E-state index in [1.54, 1.807) is 0 Å². The Kier molecular flexibility index (Phi) is 12.3. The maximum atomic E-state index is 6.03. The summed E-state index contributed by atoms with van der Waals surface area (Å²) in [6.07, 6.45) is 12.1. The van der Waals surface area contributed by atoms with E-state index in [1.165, 1.54) is 63.4 Å². The molecule has 0 spiro atoms. The van der Waals surface area contributed by atoms with Gasteiger partial charge in [-0.1, -0.05) is 77.8 Å². The molecule has 1 aliphatic heterocycles. The van der Waals surface area contributed by atoms with Crippen LogP contribution in [0.3, 0.4) is 0 Å². The second kappa shape index (κ2) is 14.8. The maximum Gasteiger partial charge on any atom is 0.119 e. The summed E-state index contributed by atoms with van der Waals surface area (Å²) in [6, 6.07) is 8.50. The van der Waals surface area contributed by atoms with E-state index in [1.807, 2.05) is 0 Å². The Balaban J connectivity index is 1.60. The van der Waals surface area contributed by atoms with Crippen LogP contribution in [0.25, 0.3) is 0 Å². The van der Waals surface area contributed by atoms with Crippen LogP contribution < -0.4 is 15.4 Å². The highest BCUT2D eigenvalue weighted by Gasteiger charge is 2.21. The molecule has 0 aliphatic carbocycles. The number of nitrogens with one attached hydrogen (secondary N) is 2. The van der Waals surface area contributed by atoms with Gasteiger partial charge in [-0.2, -0.15) is 0 Å². The number of hydrogen-bond acceptors (Lipinski definition) is 4. The molecule has 0 aromatic heterocycles. The molecule has 1 unspecified atom stereocenters. The molecule has 0 amide bonds. The second-order valence-electron chi connectivity index (χ2n) is 8.64. The van der Waals surface area contributed by atoms with Gasteiger partial charge in [0.2, 0.25) is 0 Å². The summed E-state index contributed by atoms with van der Waals surface area (Å²) in [6.45, 7) is 10.3. The average molecular weight is 405 g/mol. The zero-order valence-electron chi connectivity index (χ0n) is 19.1. The van der Waals surface area contributed by atoms with Crippen LogP contribution >= 0.6 is 0 Å². The summed E-state index contributed by atoms with van der Waals surface area (Å²) < 4.78 is 12.0. The van der Waals surface area contributed by atoms with E-state index in [0.29, 0.717) is 5.92 Å². The van der Waals surface area contributed by atoms with Crippen molar-refractivity contribution in [3.8, 4) is 5.75 Å². The lowest BCUT2D eigenvalue weighted by molar-refractivity contribution is 0.0311. The molecule has 1 aromatic carbocycles. The van der Waals surface area contributed by atoms with Crippen molar-refractivity contribution in [3.05, 3.63) is 29.8 Å². The Morgan fingerprint density at radius 2 is 1.55 bits per heavy atom. The van der Waals surface area contributed by atoms with Crippen molar-refractivity contribution in [2.75, 3.05) is 26.3 Å². The molecule has 0 saturated carbocycles. The van der Waals surface area contributed by atoms with E-state index in [0.717, 1.165) is 32.1 Å². The lowest BCUT2D eigenvalue weighted by Gasteiger charge is -2.31. The summed E-state index contributed by atoms with van der Waals surface area (Å²) in [5.74, 6) is 1.58. The van der Waals surface area contributed by atoms with Gasteiger partial charge in [-0.25, -0.2) is 0 Å². The summed E-state index contributed by atoms with van der Waals surface area (Å²) in [4.78, 5) is 0. The molecule has 1 saturated heterocycles. The molecule has 0 radical (unpaired) electrons. The first-order valence-electron chi connectivity index (χ1n) is 12.0. The van der Waals surface area contributed by atoms with Gasteiger partial charge in [0.15, 0.2) is 0 Å². The topological polar surface area (TPSA) is 42.5 Å². The highest BCUT2D eigenvalue weighted by atomic mass is 16.5. The van der Waals surface area contributed by atoms with E-state index in [4.69, 9.17) is 9.47 Å². The number of hydrogen-bond donors (Lipinski definition) is 2. The third kappa shape index (κ3) is 9.97. The van der Waals surface area contributed by atoms with Gasteiger partial charge in [0.1, 0.15) is 5.75 Å². The molecule has 29 heavy (non-hydrogen) atoms. The summed E-state index contributed by atoms with van der Waals surface area (Å²) >= 11 is 0. The van der Waals surface area contributed by atoms with Crippen LogP contribution in [-0.4, -0.2) is 32.4 Å². The van der Waals surface area contributed by atoms with Crippen LogP contribution in [0.4, 0.5) is 0 Å². The standard InChI is InChI=1S/C25H44N2O2/c1-4-6-8-9-10-11-17-28-24-18-26-25(27-19-24)22-13-15-23(16-14-22)29-20-21(3)12-7-5-2/h13-16,21,24-27H,4-12,17-20H2,1-3H3. The van der Waals surface area contributed by atoms with Crippen molar-refractivity contribution >= 4 is 0 Å². The molecule has 4 nitrogen and oxygen atoms in total. The van der Waals surface area contributed by atoms with Crippen LogP contribution in [-0.2, 0) is 4.74 Å². The first-order chi connectivity index (χ1) is 14.2. The number of rotatable bonds is 15. The maximum absolute atomic E-state index is 6.03. The minimum atomic E-state index is 0.196. The third-order valence-electron chi connectivity index (χ3n) is 5.75. The fourth-order valence-corrected chi connectivity index (χ4v) is 3.76. The van der Waals surface area contributed by atoms with Gasteiger partial charge in [0, 0.05) is 19.7 Å². The van der Waals surface area contributed by atoms with E-state index in [9.17, 15) is 0 Å². The molecule has 1 heterocycles. The van der Waals surface area contributed by atoms with E-state index >= 15 is 0 Å². The Bertz CT molecular complexity index is 512. The van der Waals surface area contributed by atoms with Gasteiger partial charge in [0.25, 0.3) is 0 Å². The van der Waals surface area contributed by atoms with Gasteiger partial charge < -0.3 is 9.47 Å². The molecule has 166 valence electrons. The number of ether oxygens (including phenoxy) is 2. The first kappa shape index (κ1) is 24.2. The van der Waals surface area contributed by atoms with Crippen molar-refractivity contribution in [2.45, 2.75) is 90.8 Å². The molecule has 1 atom stereocenters. The zero-order valence-corrected chi connectivity index (χ0v) is 19.1. The van der Waals surface area contributed by atoms with Crippen molar-refractivity contribution in [2.24, 2.45) is 5.92 Å². The molecule has 1 aliphatic rings. The van der Waals surface area contributed by atoms with E-state index in [-0.39, 0.29) is 12.3 Å². The minimum absolute atomic E-state index is 0.196. The zero-order chi connectivity index (χ0) is 20.7. The molecule has 4 heteroatoms. The van der Waals surface area contributed by atoms with Crippen LogP contribution in [0.15, 0.2) is 24.3 Å². The van der Waals surface area contributed by atoms with Crippen molar-refractivity contribution in [1.82, 2.24) is 10.6 Å². The van der Waals surface area contributed by atoms with Crippen LogP contribution in [0.5, 0.6) is 5.75 Å². The average Bonchev–Trinajstić information content (AvgIpc) is 2.76. The van der Waals surface area contributed by atoms with Gasteiger partial charge >= 0.3 is 0 Å². The first-order valence-corrected chi connectivity index (χ1v) is 12.0. The fourth-order valence-electron chi connectivity index (χ4n) is 3.76. The van der Waals surface area contributed by atoms with Crippen molar-refractivity contribution in [3.63, 3.8) is 0 Å². The lowest BCUT2D eigenvalue weighted by Crippen LogP contribution is -2.50. The lowest BCUT2D eigenvalue weighted by atomic mass is 10.1. The van der Waals surface area contributed by atoms with Gasteiger partial charge in [0.05, 0.1) is 18.9 Å². The molecule has 1 aromatic rings. The van der Waals surface area contributed by atoms with Crippen LogP contribution in [0.1, 0.15) is 90.3 Å². The predicted octanol–water partition coefficient (Wildman–Crippen LogP) is 5.83. The summed E-state index contributed by atoms with van der Waals surface area (Å²) in [5, 5.41) is 7.14. The quantitative estimate of drug-likeness (QED) is 0.361. The molecular weight excluding hydrogens is 360 g/mol. The molecule has 2 N–H and O–H groups in total. The van der Waals surface area contributed by atoms with E-state index in [2.05, 4.69) is 55.7 Å². The SMILES string of the molecule is CCCCCCCCOC1CNC(c2ccc(OCC(C)CCCC)cc2)NC1. The Hall–Kier alpha value is -1.10. The number of benzene rings is 1.